The van der Waals surface area contributed by atoms with Crippen molar-refractivity contribution in [2.75, 3.05) is 26.2 Å². The Bertz CT molecular complexity index is 591. The Morgan fingerprint density at radius 3 is 2.50 bits per heavy atom. The molecular weight excluding hydrogens is 371 g/mol. The smallest absolute Gasteiger partial charge is 0.134 e. The molecule has 0 saturated carbocycles. The fourth-order valence-electron chi connectivity index (χ4n) is 2.13. The first-order chi connectivity index (χ1) is 10.7. The van der Waals surface area contributed by atoms with Crippen molar-refractivity contribution in [1.29, 1.82) is 0 Å². The highest BCUT2D eigenvalue weighted by atomic mass is 35.5. The molecule has 24 heavy (non-hydrogen) atoms. The summed E-state index contributed by atoms with van der Waals surface area (Å²) in [6.45, 7) is 5.34. The fraction of sp³-hybridized carbons (Fsp3) is 0.412. The normalized spacial score (nSPS) is 10.1. The summed E-state index contributed by atoms with van der Waals surface area (Å²) in [5, 5.41) is 15.9. The number of aliphatic hydroxyl groups excluding tert-OH is 1. The minimum atomic E-state index is 0. The standard InChI is InChI=1S/C17H23ClN2O2.2ClH/c1-13-3-4-14(11-16(13)18)17-6-5-15(22-17)12-20-8-2-7-19-9-10-21;;/h3-6,11,19-21H,2,7-10,12H2,1H3;2*1H. The van der Waals surface area contributed by atoms with Gasteiger partial charge in [-0.15, -0.1) is 24.8 Å². The van der Waals surface area contributed by atoms with Crippen molar-refractivity contribution in [2.24, 2.45) is 0 Å². The summed E-state index contributed by atoms with van der Waals surface area (Å²) >= 11 is 6.15. The number of benzene rings is 1. The molecular formula is C17H25Cl3N2O2. The van der Waals surface area contributed by atoms with Crippen molar-refractivity contribution in [3.05, 3.63) is 46.7 Å². The van der Waals surface area contributed by atoms with Crippen LogP contribution in [-0.2, 0) is 6.54 Å². The molecule has 2 rings (SSSR count). The molecule has 0 unspecified atom stereocenters. The third-order valence-corrected chi connectivity index (χ3v) is 3.82. The van der Waals surface area contributed by atoms with Gasteiger partial charge in [-0.25, -0.2) is 0 Å². The van der Waals surface area contributed by atoms with Gasteiger partial charge >= 0.3 is 0 Å². The molecule has 0 aliphatic carbocycles. The Balaban J connectivity index is 0.00000264. The largest absolute Gasteiger partial charge is 0.460 e. The van der Waals surface area contributed by atoms with Gasteiger partial charge in [0, 0.05) is 17.1 Å². The molecule has 0 bridgehead atoms. The second-order valence-electron chi connectivity index (χ2n) is 5.23. The predicted octanol–water partition coefficient (Wildman–Crippen LogP) is 3.81. The highest BCUT2D eigenvalue weighted by Gasteiger charge is 2.06. The molecule has 0 atom stereocenters. The van der Waals surface area contributed by atoms with Crippen LogP contribution >= 0.6 is 36.4 Å². The number of rotatable bonds is 9. The zero-order chi connectivity index (χ0) is 15.8. The Labute approximate surface area is 160 Å². The summed E-state index contributed by atoms with van der Waals surface area (Å²) in [7, 11) is 0. The zero-order valence-electron chi connectivity index (χ0n) is 13.7. The first kappa shape index (κ1) is 23.2. The maximum Gasteiger partial charge on any atom is 0.134 e. The summed E-state index contributed by atoms with van der Waals surface area (Å²) in [6.07, 6.45) is 1.02. The number of hydrogen-bond acceptors (Lipinski definition) is 4. The van der Waals surface area contributed by atoms with E-state index in [0.717, 1.165) is 47.2 Å². The lowest BCUT2D eigenvalue weighted by molar-refractivity contribution is 0.292. The second-order valence-corrected chi connectivity index (χ2v) is 5.64. The van der Waals surface area contributed by atoms with Gasteiger partial charge in [0.2, 0.25) is 0 Å². The topological polar surface area (TPSA) is 57.4 Å². The Morgan fingerprint density at radius 2 is 1.79 bits per heavy atom. The molecule has 0 aliphatic rings. The van der Waals surface area contributed by atoms with Crippen LogP contribution in [0.2, 0.25) is 5.02 Å². The van der Waals surface area contributed by atoms with Gasteiger partial charge in [-0.05, 0) is 50.2 Å². The van der Waals surface area contributed by atoms with Gasteiger partial charge in [0.1, 0.15) is 11.5 Å². The van der Waals surface area contributed by atoms with Gasteiger partial charge in [-0.3, -0.25) is 0 Å². The van der Waals surface area contributed by atoms with Gasteiger partial charge in [0.25, 0.3) is 0 Å². The first-order valence-corrected chi connectivity index (χ1v) is 7.96. The van der Waals surface area contributed by atoms with E-state index < -0.39 is 0 Å². The van der Waals surface area contributed by atoms with Crippen LogP contribution in [-0.4, -0.2) is 31.3 Å². The lowest BCUT2D eigenvalue weighted by atomic mass is 10.1. The van der Waals surface area contributed by atoms with Crippen LogP contribution < -0.4 is 10.6 Å². The summed E-state index contributed by atoms with van der Waals surface area (Å²) in [5.74, 6) is 1.75. The average molecular weight is 396 g/mol. The van der Waals surface area contributed by atoms with E-state index in [1.54, 1.807) is 0 Å². The number of hydrogen-bond donors (Lipinski definition) is 3. The van der Waals surface area contributed by atoms with Crippen molar-refractivity contribution in [1.82, 2.24) is 10.6 Å². The maximum atomic E-state index is 8.65. The number of furan rings is 1. The molecule has 0 fully saturated rings. The number of nitrogens with one attached hydrogen (secondary N) is 2. The average Bonchev–Trinajstić information content (AvgIpc) is 2.98. The van der Waals surface area contributed by atoms with Crippen molar-refractivity contribution in [2.45, 2.75) is 19.9 Å². The summed E-state index contributed by atoms with van der Waals surface area (Å²) in [5.41, 5.74) is 2.06. The summed E-state index contributed by atoms with van der Waals surface area (Å²) < 4.78 is 5.84. The molecule has 7 heteroatoms. The van der Waals surface area contributed by atoms with Crippen molar-refractivity contribution in [3.63, 3.8) is 0 Å². The molecule has 1 aromatic heterocycles. The zero-order valence-corrected chi connectivity index (χ0v) is 16.1. The minimum absolute atomic E-state index is 0. The van der Waals surface area contributed by atoms with Crippen LogP contribution in [0.4, 0.5) is 0 Å². The van der Waals surface area contributed by atoms with Gasteiger partial charge in [0.15, 0.2) is 0 Å². The predicted molar refractivity (Wildman–Crippen MR) is 105 cm³/mol. The van der Waals surface area contributed by atoms with Crippen molar-refractivity contribution in [3.8, 4) is 11.3 Å². The molecule has 0 radical (unpaired) electrons. The van der Waals surface area contributed by atoms with Crippen LogP contribution in [0, 0.1) is 6.92 Å². The highest BCUT2D eigenvalue weighted by molar-refractivity contribution is 6.31. The molecule has 1 aromatic carbocycles. The van der Waals surface area contributed by atoms with Crippen LogP contribution in [0.25, 0.3) is 11.3 Å². The highest BCUT2D eigenvalue weighted by Crippen LogP contribution is 2.26. The Hall–Kier alpha value is -0.750. The molecule has 0 amide bonds. The van der Waals surface area contributed by atoms with E-state index in [4.69, 9.17) is 21.1 Å². The quantitative estimate of drug-likeness (QED) is 0.565. The third-order valence-electron chi connectivity index (χ3n) is 3.41. The molecule has 4 nitrogen and oxygen atoms in total. The van der Waals surface area contributed by atoms with E-state index in [-0.39, 0.29) is 31.4 Å². The number of halogens is 3. The van der Waals surface area contributed by atoms with Gasteiger partial charge in [0.05, 0.1) is 13.2 Å². The van der Waals surface area contributed by atoms with Gasteiger partial charge in [-0.1, -0.05) is 23.7 Å². The molecule has 0 saturated heterocycles. The van der Waals surface area contributed by atoms with Crippen molar-refractivity contribution >= 4 is 36.4 Å². The van der Waals surface area contributed by atoms with Gasteiger partial charge < -0.3 is 20.2 Å². The molecule has 1 heterocycles. The maximum absolute atomic E-state index is 8.65. The van der Waals surface area contributed by atoms with E-state index in [1.165, 1.54) is 0 Å². The molecule has 0 spiro atoms. The van der Waals surface area contributed by atoms with Crippen LogP contribution in [0.15, 0.2) is 34.7 Å². The van der Waals surface area contributed by atoms with E-state index in [1.807, 2.05) is 37.3 Å². The van der Waals surface area contributed by atoms with Crippen LogP contribution in [0.1, 0.15) is 17.7 Å². The van der Waals surface area contributed by atoms with Crippen molar-refractivity contribution < 1.29 is 9.52 Å². The molecule has 2 aromatic rings. The van der Waals surface area contributed by atoms with Gasteiger partial charge in [-0.2, -0.15) is 0 Å². The molecule has 3 N–H and O–H groups in total. The second kappa shape index (κ2) is 12.6. The molecule has 136 valence electrons. The van der Waals surface area contributed by atoms with E-state index in [9.17, 15) is 0 Å². The van der Waals surface area contributed by atoms with E-state index in [0.29, 0.717) is 13.1 Å². The third kappa shape index (κ3) is 7.43. The Kier molecular flexibility index (Phi) is 12.2. The minimum Gasteiger partial charge on any atom is -0.460 e. The summed E-state index contributed by atoms with van der Waals surface area (Å²) in [6, 6.07) is 9.91. The molecule has 0 aliphatic heterocycles. The SMILES string of the molecule is Cc1ccc(-c2ccc(CNCCCNCCO)o2)cc1Cl.Cl.Cl. The lowest BCUT2D eigenvalue weighted by Gasteiger charge is -2.04. The fourth-order valence-corrected chi connectivity index (χ4v) is 2.31. The summed E-state index contributed by atoms with van der Waals surface area (Å²) in [4.78, 5) is 0. The number of aryl methyl sites for hydroxylation is 1. The lowest BCUT2D eigenvalue weighted by Crippen LogP contribution is -2.23. The van der Waals surface area contributed by atoms with Crippen LogP contribution in [0.5, 0.6) is 0 Å². The van der Waals surface area contributed by atoms with Crippen LogP contribution in [0.3, 0.4) is 0 Å². The Morgan fingerprint density at radius 1 is 1.04 bits per heavy atom. The first-order valence-electron chi connectivity index (χ1n) is 7.58. The van der Waals surface area contributed by atoms with E-state index in [2.05, 4.69) is 10.6 Å². The monoisotopic (exact) mass is 394 g/mol. The van der Waals surface area contributed by atoms with E-state index >= 15 is 0 Å². The number of aliphatic hydroxyl groups is 1.